The number of aryl methyl sites for hydroxylation is 2. The summed E-state index contributed by atoms with van der Waals surface area (Å²) < 4.78 is 0. The van der Waals surface area contributed by atoms with Gasteiger partial charge in [-0.2, -0.15) is 0 Å². The third kappa shape index (κ3) is 4.64. The minimum Gasteiger partial charge on any atom is -0.391 e. The van der Waals surface area contributed by atoms with Crippen LogP contribution in [-0.2, 0) is 11.2 Å². The van der Waals surface area contributed by atoms with E-state index in [1.165, 1.54) is 11.1 Å². The van der Waals surface area contributed by atoms with E-state index in [2.05, 4.69) is 30.4 Å². The van der Waals surface area contributed by atoms with Gasteiger partial charge in [-0.1, -0.05) is 49.1 Å². The van der Waals surface area contributed by atoms with Crippen LogP contribution >= 0.6 is 0 Å². The molecule has 0 saturated heterocycles. The number of aliphatic hydroxyl groups excluding tert-OH is 1. The van der Waals surface area contributed by atoms with Crippen molar-refractivity contribution in [2.45, 2.75) is 64.0 Å². The average Bonchev–Trinajstić information content (AvgIpc) is 2.62. The molecule has 1 saturated carbocycles. The topological polar surface area (TPSA) is 49.3 Å². The third-order valence-electron chi connectivity index (χ3n) is 4.05. The van der Waals surface area contributed by atoms with Crippen LogP contribution in [0.2, 0.25) is 0 Å². The molecule has 1 aromatic rings. The fourth-order valence-corrected chi connectivity index (χ4v) is 2.86. The minimum atomic E-state index is -0.375. The molecule has 1 fully saturated rings. The molecule has 2 rings (SSSR count). The first-order chi connectivity index (χ1) is 9.65. The molecule has 0 heterocycles. The highest BCUT2D eigenvalue weighted by Crippen LogP contribution is 2.18. The molecule has 2 N–H and O–H groups in total. The number of amides is 1. The molecule has 0 bridgehead atoms. The Kier molecular flexibility index (Phi) is 5.60. The highest BCUT2D eigenvalue weighted by molar-refractivity contribution is 5.76. The van der Waals surface area contributed by atoms with Gasteiger partial charge in [-0.25, -0.2) is 0 Å². The first-order valence-corrected chi connectivity index (χ1v) is 7.68. The standard InChI is InChI=1S/C17H25NO2/c1-13-6-5-7-14(12-13)10-11-17(20)18-15-8-3-2-4-9-16(15)19/h5-7,12,15-16,19H,2-4,8-11H2,1H3,(H,18,20). The summed E-state index contributed by atoms with van der Waals surface area (Å²) in [5.41, 5.74) is 2.42. The van der Waals surface area contributed by atoms with Crippen LogP contribution in [0.4, 0.5) is 0 Å². The number of carbonyl (C=O) groups excluding carboxylic acids is 1. The van der Waals surface area contributed by atoms with E-state index in [9.17, 15) is 9.90 Å². The van der Waals surface area contributed by atoms with Gasteiger partial charge in [0.15, 0.2) is 0 Å². The molecule has 2 atom stereocenters. The molecular formula is C17H25NO2. The van der Waals surface area contributed by atoms with Gasteiger partial charge in [-0.15, -0.1) is 0 Å². The molecule has 3 heteroatoms. The predicted molar refractivity (Wildman–Crippen MR) is 80.5 cm³/mol. The number of hydrogen-bond donors (Lipinski definition) is 2. The van der Waals surface area contributed by atoms with Crippen molar-refractivity contribution in [1.29, 1.82) is 0 Å². The summed E-state index contributed by atoms with van der Waals surface area (Å²) >= 11 is 0. The Hall–Kier alpha value is -1.35. The third-order valence-corrected chi connectivity index (χ3v) is 4.05. The van der Waals surface area contributed by atoms with Crippen LogP contribution in [0.1, 0.15) is 49.7 Å². The lowest BCUT2D eigenvalue weighted by atomic mass is 10.0. The molecule has 1 aliphatic rings. The summed E-state index contributed by atoms with van der Waals surface area (Å²) in [6, 6.07) is 8.21. The molecular weight excluding hydrogens is 250 g/mol. The molecule has 110 valence electrons. The SMILES string of the molecule is Cc1cccc(CCC(=O)NC2CCCCCC2O)c1. The van der Waals surface area contributed by atoms with E-state index in [1.807, 2.05) is 6.07 Å². The average molecular weight is 275 g/mol. The molecule has 0 aliphatic heterocycles. The molecule has 1 amide bonds. The van der Waals surface area contributed by atoms with E-state index in [-0.39, 0.29) is 18.1 Å². The largest absolute Gasteiger partial charge is 0.391 e. The summed E-state index contributed by atoms with van der Waals surface area (Å²) in [6.07, 6.45) is 5.91. The van der Waals surface area contributed by atoms with Gasteiger partial charge >= 0.3 is 0 Å². The van der Waals surface area contributed by atoms with Crippen LogP contribution in [-0.4, -0.2) is 23.2 Å². The quantitative estimate of drug-likeness (QED) is 0.830. The van der Waals surface area contributed by atoms with Gasteiger partial charge in [0, 0.05) is 6.42 Å². The monoisotopic (exact) mass is 275 g/mol. The van der Waals surface area contributed by atoms with Crippen molar-refractivity contribution < 1.29 is 9.90 Å². The van der Waals surface area contributed by atoms with Gasteiger partial charge in [0.25, 0.3) is 0 Å². The maximum Gasteiger partial charge on any atom is 0.220 e. The van der Waals surface area contributed by atoms with Crippen molar-refractivity contribution >= 4 is 5.91 Å². The van der Waals surface area contributed by atoms with Crippen LogP contribution in [0, 0.1) is 6.92 Å². The van der Waals surface area contributed by atoms with Crippen LogP contribution in [0.25, 0.3) is 0 Å². The van der Waals surface area contributed by atoms with E-state index in [1.54, 1.807) is 0 Å². The highest BCUT2D eigenvalue weighted by atomic mass is 16.3. The van der Waals surface area contributed by atoms with E-state index >= 15 is 0 Å². The zero-order valence-electron chi connectivity index (χ0n) is 12.3. The fraction of sp³-hybridized carbons (Fsp3) is 0.588. The van der Waals surface area contributed by atoms with E-state index in [0.29, 0.717) is 6.42 Å². The molecule has 0 aromatic heterocycles. The normalized spacial score (nSPS) is 23.1. The number of hydrogen-bond acceptors (Lipinski definition) is 2. The molecule has 0 radical (unpaired) electrons. The van der Waals surface area contributed by atoms with Gasteiger partial charge in [0.2, 0.25) is 5.91 Å². The Morgan fingerprint density at radius 2 is 2.10 bits per heavy atom. The summed E-state index contributed by atoms with van der Waals surface area (Å²) in [5, 5.41) is 13.0. The lowest BCUT2D eigenvalue weighted by Crippen LogP contribution is -2.42. The Balaban J connectivity index is 1.80. The van der Waals surface area contributed by atoms with E-state index in [0.717, 1.165) is 38.5 Å². The molecule has 0 spiro atoms. The maximum atomic E-state index is 12.0. The lowest BCUT2D eigenvalue weighted by Gasteiger charge is -2.21. The Labute approximate surface area is 121 Å². The van der Waals surface area contributed by atoms with Crippen molar-refractivity contribution in [1.82, 2.24) is 5.32 Å². The summed E-state index contributed by atoms with van der Waals surface area (Å²) in [4.78, 5) is 12.0. The first kappa shape index (κ1) is 15.0. The predicted octanol–water partition coefficient (Wildman–Crippen LogP) is 2.74. The fourth-order valence-electron chi connectivity index (χ4n) is 2.86. The molecule has 20 heavy (non-hydrogen) atoms. The summed E-state index contributed by atoms with van der Waals surface area (Å²) in [5.74, 6) is 0.0532. The van der Waals surface area contributed by atoms with Gasteiger partial charge in [0.05, 0.1) is 12.1 Å². The Morgan fingerprint density at radius 1 is 1.30 bits per heavy atom. The van der Waals surface area contributed by atoms with Gasteiger partial charge in [-0.3, -0.25) is 4.79 Å². The van der Waals surface area contributed by atoms with Crippen LogP contribution in [0.15, 0.2) is 24.3 Å². The Morgan fingerprint density at radius 3 is 2.90 bits per heavy atom. The number of rotatable bonds is 4. The van der Waals surface area contributed by atoms with Gasteiger partial charge in [0.1, 0.15) is 0 Å². The second-order valence-electron chi connectivity index (χ2n) is 5.87. The number of nitrogens with one attached hydrogen (secondary N) is 1. The van der Waals surface area contributed by atoms with Crippen molar-refractivity contribution in [3.63, 3.8) is 0 Å². The van der Waals surface area contributed by atoms with Crippen LogP contribution in [0.3, 0.4) is 0 Å². The first-order valence-electron chi connectivity index (χ1n) is 7.68. The zero-order chi connectivity index (χ0) is 14.4. The number of aliphatic hydroxyl groups is 1. The van der Waals surface area contributed by atoms with Crippen LogP contribution < -0.4 is 5.32 Å². The number of benzene rings is 1. The smallest absolute Gasteiger partial charge is 0.220 e. The lowest BCUT2D eigenvalue weighted by molar-refractivity contribution is -0.122. The van der Waals surface area contributed by atoms with Gasteiger partial charge in [-0.05, 0) is 31.7 Å². The van der Waals surface area contributed by atoms with Crippen molar-refractivity contribution in [2.75, 3.05) is 0 Å². The zero-order valence-corrected chi connectivity index (χ0v) is 12.3. The van der Waals surface area contributed by atoms with Crippen molar-refractivity contribution in [2.24, 2.45) is 0 Å². The number of carbonyl (C=O) groups is 1. The molecule has 1 aromatic carbocycles. The van der Waals surface area contributed by atoms with Crippen molar-refractivity contribution in [3.05, 3.63) is 35.4 Å². The van der Waals surface area contributed by atoms with Crippen molar-refractivity contribution in [3.8, 4) is 0 Å². The maximum absolute atomic E-state index is 12.0. The Bertz CT molecular complexity index is 444. The highest BCUT2D eigenvalue weighted by Gasteiger charge is 2.22. The van der Waals surface area contributed by atoms with Crippen LogP contribution in [0.5, 0.6) is 0 Å². The van der Waals surface area contributed by atoms with Gasteiger partial charge < -0.3 is 10.4 Å². The molecule has 1 aliphatic carbocycles. The summed E-state index contributed by atoms with van der Waals surface area (Å²) in [6.45, 7) is 2.06. The summed E-state index contributed by atoms with van der Waals surface area (Å²) in [7, 11) is 0. The second kappa shape index (κ2) is 7.44. The molecule has 2 unspecified atom stereocenters. The second-order valence-corrected chi connectivity index (χ2v) is 5.87. The van der Waals surface area contributed by atoms with E-state index in [4.69, 9.17) is 0 Å². The minimum absolute atomic E-state index is 0.0532. The molecule has 3 nitrogen and oxygen atoms in total. The van der Waals surface area contributed by atoms with E-state index < -0.39 is 0 Å².